The van der Waals surface area contributed by atoms with Gasteiger partial charge in [-0.3, -0.25) is 9.25 Å². The lowest BCUT2D eigenvalue weighted by Crippen LogP contribution is -2.32. The van der Waals surface area contributed by atoms with E-state index in [0.29, 0.717) is 19.0 Å². The predicted molar refractivity (Wildman–Crippen MR) is 72.5 cm³/mol. The summed E-state index contributed by atoms with van der Waals surface area (Å²) < 4.78 is 3.60. The number of anilines is 1. The number of aromatic nitrogens is 4. The quantitative estimate of drug-likeness (QED) is 0.703. The van der Waals surface area contributed by atoms with Crippen LogP contribution in [0.5, 0.6) is 0 Å². The summed E-state index contributed by atoms with van der Waals surface area (Å²) in [6.45, 7) is 3.01. The number of imidazole rings is 1. The van der Waals surface area contributed by atoms with Gasteiger partial charge < -0.3 is 16.8 Å². The predicted octanol–water partition coefficient (Wildman–Crippen LogP) is -0.0272. The Kier molecular flexibility index (Phi) is 3.59. The topological polar surface area (TPSA) is 117 Å². The van der Waals surface area contributed by atoms with Crippen molar-refractivity contribution in [2.24, 2.45) is 12.8 Å². The Morgan fingerprint density at radius 1 is 1.47 bits per heavy atom. The van der Waals surface area contributed by atoms with E-state index in [1.165, 1.54) is 0 Å². The van der Waals surface area contributed by atoms with Gasteiger partial charge in [-0.2, -0.15) is 5.10 Å². The van der Waals surface area contributed by atoms with Crippen molar-refractivity contribution >= 4 is 23.1 Å². The fraction of sp³-hybridized carbons (Fsp3) is 0.545. The number of carbonyl (C=O) groups is 1. The lowest BCUT2D eigenvalue weighted by Gasteiger charge is -2.06. The number of nitrogen functional groups attached to an aromatic ring is 1. The molecule has 2 rings (SSSR count). The van der Waals surface area contributed by atoms with Crippen LogP contribution in [-0.2, 0) is 20.0 Å². The molecular weight excluding hydrogens is 246 g/mol. The number of amides is 2. The van der Waals surface area contributed by atoms with Crippen LogP contribution in [-0.4, -0.2) is 31.9 Å². The molecule has 2 aromatic rings. The van der Waals surface area contributed by atoms with Crippen LogP contribution in [0, 0.1) is 0 Å². The van der Waals surface area contributed by atoms with Gasteiger partial charge in [0.2, 0.25) is 5.95 Å². The standard InChI is InChI=1S/C11H19N7O/c1-3-4-7-8-9(17(2)16-7)18(10(12)15-8)6-5-14-11(13)19/h3-6H2,1-2H3,(H2,12,15)(H3,13,14,19). The number of carbonyl (C=O) groups excluding carboxylic acids is 1. The summed E-state index contributed by atoms with van der Waals surface area (Å²) in [6.07, 6.45) is 1.87. The summed E-state index contributed by atoms with van der Waals surface area (Å²) in [5.41, 5.74) is 13.6. The molecule has 8 nitrogen and oxygen atoms in total. The number of primary amides is 1. The van der Waals surface area contributed by atoms with Crippen molar-refractivity contribution in [2.45, 2.75) is 26.3 Å². The summed E-state index contributed by atoms with van der Waals surface area (Å²) in [6, 6.07) is -0.549. The third kappa shape index (κ3) is 2.47. The summed E-state index contributed by atoms with van der Waals surface area (Å²) in [4.78, 5) is 15.0. The van der Waals surface area contributed by atoms with E-state index in [0.717, 1.165) is 29.7 Å². The van der Waals surface area contributed by atoms with Crippen LogP contribution in [0.1, 0.15) is 19.0 Å². The van der Waals surface area contributed by atoms with Gasteiger partial charge in [-0.15, -0.1) is 0 Å². The molecule has 0 unspecified atom stereocenters. The number of aryl methyl sites for hydroxylation is 2. The largest absolute Gasteiger partial charge is 0.369 e. The van der Waals surface area contributed by atoms with Crippen molar-refractivity contribution in [3.63, 3.8) is 0 Å². The molecule has 0 aliphatic heterocycles. The number of hydrogen-bond acceptors (Lipinski definition) is 4. The zero-order valence-corrected chi connectivity index (χ0v) is 11.2. The second-order valence-corrected chi connectivity index (χ2v) is 4.41. The maximum Gasteiger partial charge on any atom is 0.312 e. The van der Waals surface area contributed by atoms with Crippen LogP contribution in [0.15, 0.2) is 0 Å². The molecule has 5 N–H and O–H groups in total. The first kappa shape index (κ1) is 13.2. The van der Waals surface area contributed by atoms with Gasteiger partial charge in [-0.1, -0.05) is 13.3 Å². The molecule has 0 saturated heterocycles. The lowest BCUT2D eigenvalue weighted by atomic mass is 10.2. The molecule has 0 spiro atoms. The van der Waals surface area contributed by atoms with E-state index in [1.807, 2.05) is 11.6 Å². The van der Waals surface area contributed by atoms with Crippen LogP contribution in [0.3, 0.4) is 0 Å². The van der Waals surface area contributed by atoms with Crippen LogP contribution >= 0.6 is 0 Å². The molecule has 8 heteroatoms. The summed E-state index contributed by atoms with van der Waals surface area (Å²) in [5.74, 6) is 0.423. The second-order valence-electron chi connectivity index (χ2n) is 4.41. The molecule has 104 valence electrons. The number of nitrogens with two attached hydrogens (primary N) is 2. The monoisotopic (exact) mass is 265 g/mol. The van der Waals surface area contributed by atoms with Crippen LogP contribution in [0.2, 0.25) is 0 Å². The Labute approximate surface area is 110 Å². The summed E-state index contributed by atoms with van der Waals surface area (Å²) in [5, 5.41) is 6.98. The minimum atomic E-state index is -0.549. The lowest BCUT2D eigenvalue weighted by molar-refractivity contribution is 0.248. The van der Waals surface area contributed by atoms with Crippen molar-refractivity contribution in [2.75, 3.05) is 12.3 Å². The highest BCUT2D eigenvalue weighted by atomic mass is 16.2. The van der Waals surface area contributed by atoms with Crippen LogP contribution in [0.25, 0.3) is 11.2 Å². The van der Waals surface area contributed by atoms with Crippen molar-refractivity contribution < 1.29 is 4.79 Å². The first-order chi connectivity index (χ1) is 9.04. The van der Waals surface area contributed by atoms with Crippen molar-refractivity contribution in [3.8, 4) is 0 Å². The first-order valence-electron chi connectivity index (χ1n) is 6.25. The highest BCUT2D eigenvalue weighted by Crippen LogP contribution is 2.21. The smallest absolute Gasteiger partial charge is 0.312 e. The molecular formula is C11H19N7O. The molecule has 0 aliphatic carbocycles. The Balaban J connectivity index is 2.32. The maximum atomic E-state index is 10.7. The second kappa shape index (κ2) is 5.17. The molecule has 2 aromatic heterocycles. The Bertz CT molecular complexity index is 598. The molecule has 0 fully saturated rings. The molecule has 19 heavy (non-hydrogen) atoms. The van der Waals surface area contributed by atoms with E-state index in [2.05, 4.69) is 22.3 Å². The zero-order chi connectivity index (χ0) is 14.0. The maximum absolute atomic E-state index is 10.7. The van der Waals surface area contributed by atoms with Gasteiger partial charge in [0.25, 0.3) is 0 Å². The SMILES string of the molecule is CCCc1nn(C)c2c1nc(N)n2CCNC(N)=O. The fourth-order valence-corrected chi connectivity index (χ4v) is 2.18. The van der Waals surface area contributed by atoms with E-state index in [4.69, 9.17) is 11.5 Å². The molecule has 0 aromatic carbocycles. The van der Waals surface area contributed by atoms with E-state index >= 15 is 0 Å². The Hall–Kier alpha value is -2.25. The summed E-state index contributed by atoms with van der Waals surface area (Å²) in [7, 11) is 1.86. The molecule has 2 amide bonds. The van der Waals surface area contributed by atoms with E-state index in [1.54, 1.807) is 4.68 Å². The molecule has 0 saturated carbocycles. The third-order valence-electron chi connectivity index (χ3n) is 2.94. The molecule has 0 radical (unpaired) electrons. The van der Waals surface area contributed by atoms with Crippen LogP contribution in [0.4, 0.5) is 10.7 Å². The Morgan fingerprint density at radius 2 is 2.21 bits per heavy atom. The van der Waals surface area contributed by atoms with Gasteiger partial charge in [0.1, 0.15) is 5.52 Å². The number of urea groups is 1. The van der Waals surface area contributed by atoms with Gasteiger partial charge in [0.15, 0.2) is 5.65 Å². The normalized spacial score (nSPS) is 11.1. The number of fused-ring (bicyclic) bond motifs is 1. The van der Waals surface area contributed by atoms with Gasteiger partial charge in [0.05, 0.1) is 5.69 Å². The van der Waals surface area contributed by atoms with Crippen molar-refractivity contribution in [1.82, 2.24) is 24.6 Å². The van der Waals surface area contributed by atoms with E-state index in [9.17, 15) is 4.79 Å². The number of nitrogens with one attached hydrogen (secondary N) is 1. The average Bonchev–Trinajstić information content (AvgIpc) is 2.79. The van der Waals surface area contributed by atoms with Gasteiger partial charge in [0, 0.05) is 20.1 Å². The molecule has 0 bridgehead atoms. The van der Waals surface area contributed by atoms with Gasteiger partial charge in [-0.05, 0) is 6.42 Å². The third-order valence-corrected chi connectivity index (χ3v) is 2.94. The zero-order valence-electron chi connectivity index (χ0n) is 11.2. The van der Waals surface area contributed by atoms with Crippen LogP contribution < -0.4 is 16.8 Å². The highest BCUT2D eigenvalue weighted by molar-refractivity contribution is 5.77. The number of rotatable bonds is 5. The minimum Gasteiger partial charge on any atom is -0.369 e. The first-order valence-corrected chi connectivity index (χ1v) is 6.25. The minimum absolute atomic E-state index is 0.402. The van der Waals surface area contributed by atoms with E-state index in [-0.39, 0.29) is 0 Å². The number of nitrogens with zero attached hydrogens (tertiary/aromatic N) is 4. The number of hydrogen-bond donors (Lipinski definition) is 3. The van der Waals surface area contributed by atoms with E-state index < -0.39 is 6.03 Å². The van der Waals surface area contributed by atoms with Crippen molar-refractivity contribution in [3.05, 3.63) is 5.69 Å². The average molecular weight is 265 g/mol. The van der Waals surface area contributed by atoms with Gasteiger partial charge in [-0.25, -0.2) is 9.78 Å². The molecule has 0 atom stereocenters. The molecule has 2 heterocycles. The summed E-state index contributed by atoms with van der Waals surface area (Å²) >= 11 is 0. The highest BCUT2D eigenvalue weighted by Gasteiger charge is 2.17. The van der Waals surface area contributed by atoms with Gasteiger partial charge >= 0.3 is 6.03 Å². The molecule has 0 aliphatic rings. The Morgan fingerprint density at radius 3 is 2.84 bits per heavy atom. The fourth-order valence-electron chi connectivity index (χ4n) is 2.18. The van der Waals surface area contributed by atoms with Crippen molar-refractivity contribution in [1.29, 1.82) is 0 Å².